The van der Waals surface area contributed by atoms with Crippen molar-refractivity contribution in [3.63, 3.8) is 0 Å². The molecule has 3 nitrogen and oxygen atoms in total. The van der Waals surface area contributed by atoms with Gasteiger partial charge in [0.1, 0.15) is 5.82 Å². The maximum absolute atomic E-state index is 12.5. The smallest absolute Gasteiger partial charge is 0.416 e. The van der Waals surface area contributed by atoms with Crippen molar-refractivity contribution in [1.82, 2.24) is 4.98 Å². The molecule has 0 saturated carbocycles. The molecule has 0 amide bonds. The lowest BCUT2D eigenvalue weighted by Crippen LogP contribution is -2.34. The Kier molecular flexibility index (Phi) is 4.11. The van der Waals surface area contributed by atoms with Gasteiger partial charge in [0, 0.05) is 6.07 Å². The number of pyridine rings is 1. The van der Waals surface area contributed by atoms with E-state index in [1.165, 1.54) is 0 Å². The van der Waals surface area contributed by atoms with Crippen LogP contribution in [-0.4, -0.2) is 23.9 Å². The average Bonchev–Trinajstić information content (AvgIpc) is 2.24. The summed E-state index contributed by atoms with van der Waals surface area (Å²) in [5, 5.41) is 0. The van der Waals surface area contributed by atoms with Crippen molar-refractivity contribution in [3.05, 3.63) is 17.7 Å². The molecule has 0 atom stereocenters. The molecule has 0 aromatic carbocycles. The van der Waals surface area contributed by atoms with Crippen LogP contribution in [0.5, 0.6) is 5.88 Å². The maximum Gasteiger partial charge on any atom is 0.416 e. The predicted molar refractivity (Wildman–Crippen MR) is 50.1 cm³/mol. The number of hydrogen-bond acceptors (Lipinski definition) is 3. The highest BCUT2D eigenvalue weighted by Gasteiger charge is 2.42. The molecule has 19 heavy (non-hydrogen) atoms. The van der Waals surface area contributed by atoms with Gasteiger partial charge >= 0.3 is 18.5 Å². The molecule has 10 heteroatoms. The molecule has 0 bridgehead atoms. The second-order valence-electron chi connectivity index (χ2n) is 3.47. The SMILES string of the molecule is Nc1cc(C(F)(F)F)cc(OCC(F)(F)C(F)F)n1. The van der Waals surface area contributed by atoms with Crippen LogP contribution in [0.1, 0.15) is 5.56 Å². The van der Waals surface area contributed by atoms with Crippen molar-refractivity contribution < 1.29 is 35.5 Å². The Balaban J connectivity index is 2.88. The molecule has 0 aliphatic rings. The van der Waals surface area contributed by atoms with E-state index in [0.717, 1.165) is 0 Å². The number of nitrogen functional groups attached to an aromatic ring is 1. The summed E-state index contributed by atoms with van der Waals surface area (Å²) in [5.74, 6) is -6.04. The molecular formula is C9H7F7N2O. The topological polar surface area (TPSA) is 48.1 Å². The Morgan fingerprint density at radius 3 is 2.21 bits per heavy atom. The number of nitrogens with zero attached hydrogens (tertiary/aromatic N) is 1. The van der Waals surface area contributed by atoms with Gasteiger partial charge in [0.25, 0.3) is 0 Å². The van der Waals surface area contributed by atoms with Crippen LogP contribution in [0.3, 0.4) is 0 Å². The minimum atomic E-state index is -4.79. The molecule has 1 rings (SSSR count). The van der Waals surface area contributed by atoms with Crippen LogP contribution in [0, 0.1) is 0 Å². The number of ether oxygens (including phenoxy) is 1. The molecule has 1 heterocycles. The van der Waals surface area contributed by atoms with Gasteiger partial charge in [-0.1, -0.05) is 0 Å². The first kappa shape index (κ1) is 15.3. The van der Waals surface area contributed by atoms with Crippen molar-refractivity contribution in [2.45, 2.75) is 18.5 Å². The molecule has 0 spiro atoms. The van der Waals surface area contributed by atoms with Gasteiger partial charge in [0.2, 0.25) is 5.88 Å². The number of alkyl halides is 7. The fourth-order valence-corrected chi connectivity index (χ4v) is 0.997. The number of halogens is 7. The highest BCUT2D eigenvalue weighted by Crippen LogP contribution is 2.32. The highest BCUT2D eigenvalue weighted by atomic mass is 19.4. The largest absolute Gasteiger partial charge is 0.471 e. The summed E-state index contributed by atoms with van der Waals surface area (Å²) in [4.78, 5) is 3.19. The Morgan fingerprint density at radius 2 is 1.74 bits per heavy atom. The van der Waals surface area contributed by atoms with Crippen molar-refractivity contribution >= 4 is 5.82 Å². The molecule has 0 fully saturated rings. The number of hydrogen-bond donors (Lipinski definition) is 1. The summed E-state index contributed by atoms with van der Waals surface area (Å²) in [6.45, 7) is -1.81. The Labute approximate surface area is 102 Å². The normalized spacial score (nSPS) is 12.8. The molecule has 0 saturated heterocycles. The average molecular weight is 292 g/mol. The Bertz CT molecular complexity index is 447. The molecule has 0 radical (unpaired) electrons. The van der Waals surface area contributed by atoms with Crippen LogP contribution in [-0.2, 0) is 6.18 Å². The lowest BCUT2D eigenvalue weighted by atomic mass is 10.2. The third-order valence-corrected chi connectivity index (χ3v) is 1.88. The van der Waals surface area contributed by atoms with Crippen molar-refractivity contribution in [2.24, 2.45) is 0 Å². The molecule has 1 aromatic heterocycles. The van der Waals surface area contributed by atoms with Crippen LogP contribution >= 0.6 is 0 Å². The van der Waals surface area contributed by atoms with E-state index in [9.17, 15) is 30.7 Å². The molecular weight excluding hydrogens is 285 g/mol. The third-order valence-electron chi connectivity index (χ3n) is 1.88. The van der Waals surface area contributed by atoms with E-state index in [1.54, 1.807) is 0 Å². The molecule has 1 aromatic rings. The van der Waals surface area contributed by atoms with E-state index in [-0.39, 0.29) is 6.07 Å². The fourth-order valence-electron chi connectivity index (χ4n) is 0.997. The standard InChI is InChI=1S/C9H7F7N2O/c10-7(11)8(12,13)3-19-6-2-4(9(14,15)16)1-5(17)18-6/h1-2,7H,3H2,(H2,17,18). The van der Waals surface area contributed by atoms with E-state index in [4.69, 9.17) is 5.73 Å². The van der Waals surface area contributed by atoms with E-state index in [1.807, 2.05) is 0 Å². The van der Waals surface area contributed by atoms with E-state index in [2.05, 4.69) is 9.72 Å². The number of rotatable bonds is 4. The second-order valence-corrected chi connectivity index (χ2v) is 3.47. The minimum Gasteiger partial charge on any atom is -0.471 e. The van der Waals surface area contributed by atoms with Gasteiger partial charge in [-0.25, -0.2) is 8.78 Å². The van der Waals surface area contributed by atoms with Gasteiger partial charge in [-0.15, -0.1) is 0 Å². The summed E-state index contributed by atoms with van der Waals surface area (Å²) in [5.41, 5.74) is 3.75. The number of aromatic nitrogens is 1. The van der Waals surface area contributed by atoms with E-state index in [0.29, 0.717) is 6.07 Å². The highest BCUT2D eigenvalue weighted by molar-refractivity contribution is 5.38. The minimum absolute atomic E-state index is 0.290. The molecule has 0 aliphatic heterocycles. The first-order chi connectivity index (χ1) is 8.52. The van der Waals surface area contributed by atoms with Gasteiger partial charge in [-0.05, 0) is 6.07 Å². The third kappa shape index (κ3) is 4.14. The molecule has 0 aliphatic carbocycles. The fraction of sp³-hybridized carbons (Fsp3) is 0.444. The lowest BCUT2D eigenvalue weighted by molar-refractivity contribution is -0.149. The first-order valence-electron chi connectivity index (χ1n) is 4.66. The van der Waals surface area contributed by atoms with Gasteiger partial charge in [-0.3, -0.25) is 0 Å². The van der Waals surface area contributed by atoms with Crippen LogP contribution < -0.4 is 10.5 Å². The van der Waals surface area contributed by atoms with Crippen LogP contribution in [0.2, 0.25) is 0 Å². The molecule has 2 N–H and O–H groups in total. The van der Waals surface area contributed by atoms with Crippen molar-refractivity contribution in [3.8, 4) is 5.88 Å². The zero-order chi connectivity index (χ0) is 14.8. The van der Waals surface area contributed by atoms with Crippen LogP contribution in [0.15, 0.2) is 12.1 Å². The van der Waals surface area contributed by atoms with Gasteiger partial charge < -0.3 is 10.5 Å². The van der Waals surface area contributed by atoms with E-state index >= 15 is 0 Å². The monoisotopic (exact) mass is 292 g/mol. The lowest BCUT2D eigenvalue weighted by Gasteiger charge is -2.16. The number of nitrogens with two attached hydrogens (primary N) is 1. The second kappa shape index (κ2) is 5.10. The van der Waals surface area contributed by atoms with Gasteiger partial charge in [-0.2, -0.15) is 26.9 Å². The zero-order valence-corrected chi connectivity index (χ0v) is 9.02. The van der Waals surface area contributed by atoms with Crippen molar-refractivity contribution in [2.75, 3.05) is 12.3 Å². The van der Waals surface area contributed by atoms with Crippen LogP contribution in [0.4, 0.5) is 36.6 Å². The summed E-state index contributed by atoms with van der Waals surface area (Å²) < 4.78 is 89.8. The summed E-state index contributed by atoms with van der Waals surface area (Å²) in [6, 6.07) is 0.746. The van der Waals surface area contributed by atoms with Gasteiger partial charge in [0.05, 0.1) is 5.56 Å². The maximum atomic E-state index is 12.5. The number of anilines is 1. The van der Waals surface area contributed by atoms with Crippen LogP contribution in [0.25, 0.3) is 0 Å². The summed E-state index contributed by atoms with van der Waals surface area (Å²) >= 11 is 0. The predicted octanol–water partition coefficient (Wildman–Crippen LogP) is 2.96. The first-order valence-corrected chi connectivity index (χ1v) is 4.66. The summed E-state index contributed by atoms with van der Waals surface area (Å²) in [7, 11) is 0. The summed E-state index contributed by atoms with van der Waals surface area (Å²) in [6.07, 6.45) is -8.80. The molecule has 0 unspecified atom stereocenters. The zero-order valence-electron chi connectivity index (χ0n) is 9.02. The van der Waals surface area contributed by atoms with Gasteiger partial charge in [0.15, 0.2) is 6.61 Å². The quantitative estimate of drug-likeness (QED) is 0.868. The Hall–Kier alpha value is -1.74. The van der Waals surface area contributed by atoms with Crippen molar-refractivity contribution in [1.29, 1.82) is 0 Å². The van der Waals surface area contributed by atoms with E-state index < -0.39 is 42.4 Å². The Morgan fingerprint density at radius 1 is 1.16 bits per heavy atom. The molecule has 108 valence electrons.